The van der Waals surface area contributed by atoms with Crippen LogP contribution in [0.3, 0.4) is 0 Å². The predicted molar refractivity (Wildman–Crippen MR) is 71.8 cm³/mol. The molecule has 1 aromatic carbocycles. The van der Waals surface area contributed by atoms with E-state index in [9.17, 15) is 4.79 Å². The van der Waals surface area contributed by atoms with E-state index in [2.05, 4.69) is 43.0 Å². The van der Waals surface area contributed by atoms with Crippen LogP contribution in [0.2, 0.25) is 0 Å². The maximum Gasteiger partial charge on any atom is 0.317 e. The zero-order chi connectivity index (χ0) is 13.1. The first-order valence-corrected chi connectivity index (χ1v) is 6.58. The van der Waals surface area contributed by atoms with Gasteiger partial charge in [0.2, 0.25) is 0 Å². The molecule has 1 N–H and O–H groups in total. The quantitative estimate of drug-likeness (QED) is 0.839. The van der Waals surface area contributed by atoms with Gasteiger partial charge in [-0.05, 0) is 23.5 Å². The van der Waals surface area contributed by atoms with E-state index >= 15 is 0 Å². The Morgan fingerprint density at radius 3 is 2.78 bits per heavy atom. The summed E-state index contributed by atoms with van der Waals surface area (Å²) in [7, 11) is 0. The lowest BCUT2D eigenvalue weighted by Gasteiger charge is -2.35. The molecule has 1 aromatic rings. The van der Waals surface area contributed by atoms with Crippen molar-refractivity contribution >= 4 is 5.97 Å². The van der Waals surface area contributed by atoms with Crippen LogP contribution < -0.4 is 0 Å². The minimum Gasteiger partial charge on any atom is -0.480 e. The Labute approximate surface area is 108 Å². The van der Waals surface area contributed by atoms with Crippen molar-refractivity contribution in [1.82, 2.24) is 4.90 Å². The number of carboxylic acid groups (broad SMARTS) is 1. The normalized spacial score (nSPS) is 17.7. The predicted octanol–water partition coefficient (Wildman–Crippen LogP) is 2.37. The number of hydrogen-bond donors (Lipinski definition) is 1. The summed E-state index contributed by atoms with van der Waals surface area (Å²) in [5.74, 6) is 0.280. The van der Waals surface area contributed by atoms with E-state index in [1.54, 1.807) is 0 Å². The highest BCUT2D eigenvalue weighted by Gasteiger charge is 2.27. The van der Waals surface area contributed by atoms with Crippen LogP contribution in [0.5, 0.6) is 0 Å². The van der Waals surface area contributed by atoms with E-state index in [-0.39, 0.29) is 6.54 Å². The number of carbonyl (C=O) groups is 1. The first-order chi connectivity index (χ1) is 8.56. The summed E-state index contributed by atoms with van der Waals surface area (Å²) in [5, 5.41) is 8.95. The van der Waals surface area contributed by atoms with Gasteiger partial charge in [0.25, 0.3) is 0 Å². The molecule has 18 heavy (non-hydrogen) atoms. The minimum absolute atomic E-state index is 0.150. The molecule has 0 aromatic heterocycles. The van der Waals surface area contributed by atoms with Gasteiger partial charge in [0.1, 0.15) is 0 Å². The summed E-state index contributed by atoms with van der Waals surface area (Å²) >= 11 is 0. The summed E-state index contributed by atoms with van der Waals surface area (Å²) < 4.78 is 0. The molecule has 0 heterocycles. The lowest BCUT2D eigenvalue weighted by atomic mass is 9.77. The molecular formula is C15H21NO2. The summed E-state index contributed by atoms with van der Waals surface area (Å²) in [6.07, 6.45) is 1.09. The Bertz CT molecular complexity index is 428. The highest BCUT2D eigenvalue weighted by molar-refractivity contribution is 5.69. The Morgan fingerprint density at radius 2 is 2.17 bits per heavy atom. The fourth-order valence-electron chi connectivity index (χ4n) is 2.75. The van der Waals surface area contributed by atoms with Gasteiger partial charge in [-0.2, -0.15) is 0 Å². The van der Waals surface area contributed by atoms with Crippen molar-refractivity contribution < 1.29 is 9.90 Å². The molecule has 1 unspecified atom stereocenters. The second kappa shape index (κ2) is 5.53. The molecule has 0 saturated heterocycles. The number of nitrogens with zero attached hydrogens (tertiary/aromatic N) is 1. The highest BCUT2D eigenvalue weighted by Crippen LogP contribution is 2.35. The van der Waals surface area contributed by atoms with Crippen LogP contribution in [0.25, 0.3) is 0 Å². The number of carboxylic acids is 1. The Hall–Kier alpha value is -1.35. The van der Waals surface area contributed by atoms with Crippen LogP contribution in [-0.2, 0) is 11.2 Å². The van der Waals surface area contributed by atoms with E-state index in [0.29, 0.717) is 11.8 Å². The zero-order valence-electron chi connectivity index (χ0n) is 11.1. The Morgan fingerprint density at radius 1 is 1.44 bits per heavy atom. The monoisotopic (exact) mass is 247 g/mol. The molecule has 98 valence electrons. The van der Waals surface area contributed by atoms with Crippen molar-refractivity contribution in [2.75, 3.05) is 19.6 Å². The molecule has 0 amide bonds. The van der Waals surface area contributed by atoms with Gasteiger partial charge >= 0.3 is 5.97 Å². The largest absolute Gasteiger partial charge is 0.480 e. The van der Waals surface area contributed by atoms with Crippen molar-refractivity contribution in [3.63, 3.8) is 0 Å². The van der Waals surface area contributed by atoms with Crippen molar-refractivity contribution in [2.45, 2.75) is 26.2 Å². The van der Waals surface area contributed by atoms with Gasteiger partial charge in [-0.3, -0.25) is 9.69 Å². The molecule has 0 aliphatic heterocycles. The number of fused-ring (bicyclic) bond motifs is 1. The molecule has 3 heteroatoms. The topological polar surface area (TPSA) is 40.5 Å². The number of hydrogen-bond acceptors (Lipinski definition) is 2. The van der Waals surface area contributed by atoms with Gasteiger partial charge in [-0.15, -0.1) is 0 Å². The van der Waals surface area contributed by atoms with Crippen LogP contribution in [-0.4, -0.2) is 35.6 Å². The lowest BCUT2D eigenvalue weighted by molar-refractivity contribution is -0.138. The minimum atomic E-state index is -0.733. The number of aliphatic carboxylic acids is 1. The van der Waals surface area contributed by atoms with Crippen LogP contribution in [0.1, 0.15) is 30.9 Å². The van der Waals surface area contributed by atoms with Crippen LogP contribution in [0, 0.1) is 5.92 Å². The first-order valence-electron chi connectivity index (χ1n) is 6.58. The van der Waals surface area contributed by atoms with E-state index in [1.165, 1.54) is 11.1 Å². The van der Waals surface area contributed by atoms with Crippen molar-refractivity contribution in [3.8, 4) is 0 Å². The summed E-state index contributed by atoms with van der Waals surface area (Å²) in [6.45, 7) is 6.12. The van der Waals surface area contributed by atoms with Gasteiger partial charge in [0.05, 0.1) is 6.54 Å². The first kappa shape index (κ1) is 13.1. The third kappa shape index (κ3) is 3.10. The molecule has 0 spiro atoms. The van der Waals surface area contributed by atoms with Gasteiger partial charge in [-0.25, -0.2) is 0 Å². The van der Waals surface area contributed by atoms with Crippen molar-refractivity contribution in [2.24, 2.45) is 5.92 Å². The maximum absolute atomic E-state index is 10.9. The Kier molecular flexibility index (Phi) is 4.02. The van der Waals surface area contributed by atoms with Gasteiger partial charge in [-0.1, -0.05) is 38.1 Å². The van der Waals surface area contributed by atoms with Crippen LogP contribution >= 0.6 is 0 Å². The van der Waals surface area contributed by atoms with Gasteiger partial charge in [0, 0.05) is 19.0 Å². The van der Waals surface area contributed by atoms with E-state index < -0.39 is 5.97 Å². The van der Waals surface area contributed by atoms with E-state index in [0.717, 1.165) is 19.5 Å². The molecule has 0 bridgehead atoms. The Balaban J connectivity index is 1.96. The van der Waals surface area contributed by atoms with Gasteiger partial charge in [0.15, 0.2) is 0 Å². The zero-order valence-corrected chi connectivity index (χ0v) is 11.1. The maximum atomic E-state index is 10.9. The standard InChI is InChI=1S/C15H21NO2/c1-11(2)8-16(10-15(17)18)9-13-7-12-5-3-4-6-14(12)13/h3-6,11,13H,7-10H2,1-2H3,(H,17,18). The smallest absolute Gasteiger partial charge is 0.317 e. The van der Waals surface area contributed by atoms with Crippen LogP contribution in [0.15, 0.2) is 24.3 Å². The van der Waals surface area contributed by atoms with Crippen LogP contribution in [0.4, 0.5) is 0 Å². The average molecular weight is 247 g/mol. The molecule has 0 radical (unpaired) electrons. The van der Waals surface area contributed by atoms with Crippen molar-refractivity contribution in [3.05, 3.63) is 35.4 Å². The fraction of sp³-hybridized carbons (Fsp3) is 0.533. The molecule has 1 aliphatic rings. The summed E-state index contributed by atoms with van der Waals surface area (Å²) in [5.41, 5.74) is 2.82. The average Bonchev–Trinajstić information content (AvgIpc) is 2.24. The van der Waals surface area contributed by atoms with Gasteiger partial charge < -0.3 is 5.11 Å². The lowest BCUT2D eigenvalue weighted by Crippen LogP contribution is -2.38. The molecule has 1 atom stereocenters. The van der Waals surface area contributed by atoms with Crippen molar-refractivity contribution in [1.29, 1.82) is 0 Å². The third-order valence-corrected chi connectivity index (χ3v) is 3.42. The molecule has 0 fully saturated rings. The summed E-state index contributed by atoms with van der Waals surface area (Å²) in [4.78, 5) is 12.9. The number of benzene rings is 1. The van der Waals surface area contributed by atoms with E-state index in [4.69, 9.17) is 5.11 Å². The SMILES string of the molecule is CC(C)CN(CC(=O)O)CC1Cc2ccccc21. The fourth-order valence-corrected chi connectivity index (χ4v) is 2.75. The second-order valence-corrected chi connectivity index (χ2v) is 5.58. The van der Waals surface area contributed by atoms with E-state index in [1.807, 2.05) is 0 Å². The number of rotatable bonds is 6. The summed E-state index contributed by atoms with van der Waals surface area (Å²) in [6, 6.07) is 8.46. The molecule has 3 nitrogen and oxygen atoms in total. The third-order valence-electron chi connectivity index (χ3n) is 3.42. The highest BCUT2D eigenvalue weighted by atomic mass is 16.4. The molecular weight excluding hydrogens is 226 g/mol. The second-order valence-electron chi connectivity index (χ2n) is 5.58. The molecule has 1 aliphatic carbocycles. The molecule has 2 rings (SSSR count). The molecule has 0 saturated carbocycles.